The smallest absolute Gasteiger partial charge is 0.337 e. The van der Waals surface area contributed by atoms with Crippen LogP contribution in [0.25, 0.3) is 0 Å². The third-order valence-electron chi connectivity index (χ3n) is 6.55. The topological polar surface area (TPSA) is 76.2 Å². The van der Waals surface area contributed by atoms with Crippen molar-refractivity contribution in [3.63, 3.8) is 0 Å². The predicted molar refractivity (Wildman–Crippen MR) is 142 cm³/mol. The lowest BCUT2D eigenvalue weighted by Gasteiger charge is -2.33. The van der Waals surface area contributed by atoms with Crippen LogP contribution in [0.15, 0.2) is 64.2 Å². The highest BCUT2D eigenvalue weighted by atomic mass is 32.2. The van der Waals surface area contributed by atoms with Crippen molar-refractivity contribution < 1.29 is 22.7 Å². The fourth-order valence-corrected chi connectivity index (χ4v) is 8.52. The molecule has 2 aliphatic rings. The fraction of sp³-hybridized carbons (Fsp3) is 0.346. The van der Waals surface area contributed by atoms with Crippen molar-refractivity contribution in [1.82, 2.24) is 9.21 Å². The third kappa shape index (κ3) is 5.19. The van der Waals surface area contributed by atoms with Crippen molar-refractivity contribution >= 4 is 39.1 Å². The maximum absolute atomic E-state index is 12.8. The van der Waals surface area contributed by atoms with E-state index in [1.54, 1.807) is 27.9 Å². The van der Waals surface area contributed by atoms with Gasteiger partial charge >= 0.3 is 5.97 Å². The van der Waals surface area contributed by atoms with Crippen LogP contribution >= 0.6 is 23.1 Å². The number of fused-ring (bicyclic) bond motifs is 2. The summed E-state index contributed by atoms with van der Waals surface area (Å²) in [4.78, 5) is 14.5. The Morgan fingerprint density at radius 2 is 1.89 bits per heavy atom. The third-order valence-corrected chi connectivity index (χ3v) is 11.1. The molecule has 0 amide bonds. The van der Waals surface area contributed by atoms with Crippen LogP contribution in [-0.4, -0.2) is 69.2 Å². The number of piperazine rings is 1. The molecular weight excluding hydrogens is 516 g/mol. The molecule has 7 nitrogen and oxygen atoms in total. The number of sulfonamides is 1. The molecule has 1 fully saturated rings. The quantitative estimate of drug-likeness (QED) is 0.412. The van der Waals surface area contributed by atoms with Gasteiger partial charge in [0, 0.05) is 44.0 Å². The number of esters is 1. The summed E-state index contributed by atoms with van der Waals surface area (Å²) in [7, 11) is -2.01. The largest absolute Gasteiger partial charge is 0.489 e. The fourth-order valence-electron chi connectivity index (χ4n) is 4.58. The van der Waals surface area contributed by atoms with Gasteiger partial charge in [0.1, 0.15) is 16.6 Å². The standard InChI is InChI=1S/C26H28N2O5S3/c1-32-26(29)19-8-9-23-22(17-19)25(21-6-3-2-5-20(21)18-33-23)35-16-14-27-10-12-28(13-11-27)36(30,31)24-7-4-15-34-24/h2-9,15,17,25H,10-14,16,18H2,1H3. The van der Waals surface area contributed by atoms with Crippen LogP contribution < -0.4 is 4.74 Å². The van der Waals surface area contributed by atoms with Crippen LogP contribution in [0.5, 0.6) is 5.75 Å². The van der Waals surface area contributed by atoms with Crippen molar-refractivity contribution in [3.05, 3.63) is 82.2 Å². The van der Waals surface area contributed by atoms with Crippen LogP contribution in [0.3, 0.4) is 0 Å². The molecule has 10 heteroatoms. The Kier molecular flexibility index (Phi) is 7.68. The summed E-state index contributed by atoms with van der Waals surface area (Å²) in [5.41, 5.74) is 3.81. The monoisotopic (exact) mass is 544 g/mol. The van der Waals surface area contributed by atoms with Crippen LogP contribution in [-0.2, 0) is 21.4 Å². The van der Waals surface area contributed by atoms with Crippen molar-refractivity contribution in [1.29, 1.82) is 0 Å². The molecule has 3 heterocycles. The van der Waals surface area contributed by atoms with E-state index in [4.69, 9.17) is 9.47 Å². The van der Waals surface area contributed by atoms with Gasteiger partial charge in [0.25, 0.3) is 10.0 Å². The first-order valence-corrected chi connectivity index (χ1v) is 15.1. The molecule has 36 heavy (non-hydrogen) atoms. The number of thioether (sulfide) groups is 1. The number of methoxy groups -OCH3 is 1. The lowest BCUT2D eigenvalue weighted by Crippen LogP contribution is -2.48. The average molecular weight is 545 g/mol. The highest BCUT2D eigenvalue weighted by Gasteiger charge is 2.30. The first kappa shape index (κ1) is 25.3. The van der Waals surface area contributed by atoms with Crippen LogP contribution in [0, 0.1) is 0 Å². The van der Waals surface area contributed by atoms with Crippen molar-refractivity contribution in [2.24, 2.45) is 0 Å². The summed E-state index contributed by atoms with van der Waals surface area (Å²) >= 11 is 3.08. The number of hydrogen-bond donors (Lipinski definition) is 0. The van der Waals surface area contributed by atoms with E-state index in [0.717, 1.165) is 29.2 Å². The van der Waals surface area contributed by atoms with E-state index >= 15 is 0 Å². The molecular formula is C26H28N2O5S3. The van der Waals surface area contributed by atoms with Crippen molar-refractivity contribution in [3.8, 4) is 5.75 Å². The summed E-state index contributed by atoms with van der Waals surface area (Å²) in [6, 6.07) is 17.2. The van der Waals surface area contributed by atoms with E-state index in [9.17, 15) is 13.2 Å². The van der Waals surface area contributed by atoms with Gasteiger partial charge in [-0.15, -0.1) is 23.1 Å². The molecule has 2 aliphatic heterocycles. The predicted octanol–water partition coefficient (Wildman–Crippen LogP) is 4.26. The molecule has 1 saturated heterocycles. The molecule has 0 spiro atoms. The normalized spacial score (nSPS) is 18.5. The molecule has 0 bridgehead atoms. The summed E-state index contributed by atoms with van der Waals surface area (Å²) < 4.78 is 38.7. The highest BCUT2D eigenvalue weighted by Crippen LogP contribution is 2.44. The number of thiophene rings is 1. The second-order valence-corrected chi connectivity index (χ2v) is 13.0. The van der Waals surface area contributed by atoms with E-state index in [1.165, 1.54) is 24.0 Å². The van der Waals surface area contributed by atoms with Crippen molar-refractivity contribution in [2.45, 2.75) is 16.1 Å². The number of rotatable bonds is 7. The van der Waals surface area contributed by atoms with E-state index in [-0.39, 0.29) is 11.2 Å². The minimum atomic E-state index is -3.40. The Labute approximate surface area is 220 Å². The molecule has 0 radical (unpaired) electrons. The van der Waals surface area contributed by atoms with Crippen LogP contribution in [0.1, 0.15) is 32.3 Å². The molecule has 0 aliphatic carbocycles. The molecule has 3 aromatic rings. The zero-order valence-electron chi connectivity index (χ0n) is 20.0. The Bertz CT molecular complexity index is 1320. The Morgan fingerprint density at radius 1 is 1.08 bits per heavy atom. The van der Waals surface area contributed by atoms with Gasteiger partial charge in [-0.05, 0) is 40.8 Å². The maximum atomic E-state index is 12.8. The minimum absolute atomic E-state index is 0.0174. The molecule has 1 aromatic heterocycles. The summed E-state index contributed by atoms with van der Waals surface area (Å²) in [6.07, 6.45) is 0. The van der Waals surface area contributed by atoms with Gasteiger partial charge in [-0.2, -0.15) is 4.31 Å². The molecule has 0 saturated carbocycles. The SMILES string of the molecule is COC(=O)c1ccc2c(c1)C(SCCN1CCN(S(=O)(=O)c3cccs3)CC1)c1ccccc1CO2. The highest BCUT2D eigenvalue weighted by molar-refractivity contribution is 7.99. The van der Waals surface area contributed by atoms with Gasteiger partial charge < -0.3 is 9.47 Å². The van der Waals surface area contributed by atoms with E-state index in [2.05, 4.69) is 17.0 Å². The first-order chi connectivity index (χ1) is 17.5. The van der Waals surface area contributed by atoms with Gasteiger partial charge in [-0.3, -0.25) is 4.90 Å². The molecule has 1 atom stereocenters. The Hall–Kier alpha value is -2.37. The minimum Gasteiger partial charge on any atom is -0.489 e. The number of hydrogen-bond acceptors (Lipinski definition) is 8. The zero-order valence-corrected chi connectivity index (χ0v) is 22.4. The zero-order chi connectivity index (χ0) is 25.1. The Balaban J connectivity index is 1.27. The number of carbonyl (C=O) groups is 1. The molecule has 2 aromatic carbocycles. The lowest BCUT2D eigenvalue weighted by atomic mass is 9.98. The number of ether oxygens (including phenoxy) is 2. The van der Waals surface area contributed by atoms with Gasteiger partial charge in [0.15, 0.2) is 0 Å². The number of carbonyl (C=O) groups excluding carboxylic acids is 1. The lowest BCUT2D eigenvalue weighted by molar-refractivity contribution is 0.0600. The van der Waals surface area contributed by atoms with Gasteiger partial charge in [-0.25, -0.2) is 13.2 Å². The average Bonchev–Trinajstić information content (AvgIpc) is 3.41. The molecule has 1 unspecified atom stereocenters. The summed E-state index contributed by atoms with van der Waals surface area (Å²) in [5, 5.41) is 1.81. The second-order valence-electron chi connectivity index (χ2n) is 8.66. The van der Waals surface area contributed by atoms with Gasteiger partial charge in [0.2, 0.25) is 0 Å². The first-order valence-electron chi connectivity index (χ1n) is 11.8. The van der Waals surface area contributed by atoms with E-state index in [0.29, 0.717) is 42.6 Å². The van der Waals surface area contributed by atoms with Gasteiger partial charge in [-0.1, -0.05) is 30.3 Å². The van der Waals surface area contributed by atoms with E-state index < -0.39 is 10.0 Å². The molecule has 0 N–H and O–H groups in total. The van der Waals surface area contributed by atoms with Gasteiger partial charge in [0.05, 0.1) is 17.9 Å². The van der Waals surface area contributed by atoms with E-state index in [1.807, 2.05) is 36.0 Å². The summed E-state index contributed by atoms with van der Waals surface area (Å²) in [6.45, 7) is 3.74. The number of nitrogens with zero attached hydrogens (tertiary/aromatic N) is 2. The summed E-state index contributed by atoms with van der Waals surface area (Å²) in [5.74, 6) is 1.27. The maximum Gasteiger partial charge on any atom is 0.337 e. The molecule has 5 rings (SSSR count). The van der Waals surface area contributed by atoms with Crippen LogP contribution in [0.2, 0.25) is 0 Å². The number of benzene rings is 2. The van der Waals surface area contributed by atoms with Crippen LogP contribution in [0.4, 0.5) is 0 Å². The second kappa shape index (κ2) is 10.9. The molecule has 190 valence electrons. The van der Waals surface area contributed by atoms with Crippen molar-refractivity contribution in [2.75, 3.05) is 45.6 Å². The Morgan fingerprint density at radius 3 is 2.64 bits per heavy atom.